The number of ketones is 3. The molecule has 4 heterocycles. The van der Waals surface area contributed by atoms with Crippen molar-refractivity contribution in [1.82, 2.24) is 39.5 Å². The Morgan fingerprint density at radius 1 is 0.496 bits per heavy atom. The van der Waals surface area contributed by atoms with E-state index in [4.69, 9.17) is 46.3 Å². The lowest BCUT2D eigenvalue weighted by molar-refractivity contribution is 0.0524. The maximum atomic E-state index is 14.7. The predicted molar refractivity (Wildman–Crippen MR) is 431 cm³/mol. The van der Waals surface area contributed by atoms with Crippen LogP contribution in [0.15, 0.2) is 244 Å². The molecule has 2 aliphatic carbocycles. The molecule has 5 N–H and O–H groups in total. The van der Waals surface area contributed by atoms with Crippen LogP contribution in [0, 0.1) is 6.08 Å². The summed E-state index contributed by atoms with van der Waals surface area (Å²) < 4.78 is 144. The van der Waals surface area contributed by atoms with E-state index in [0.717, 1.165) is 28.8 Å². The lowest BCUT2D eigenvalue weighted by Crippen LogP contribution is -2.29. The number of nitrogens with one attached hydrogen (secondary N) is 3. The normalized spacial score (nSPS) is 11.6. The van der Waals surface area contributed by atoms with Gasteiger partial charge in [-0.2, -0.15) is 31.2 Å². The number of carbonyl (C=O) groups excluding carboxylic acids is 4. The summed E-state index contributed by atoms with van der Waals surface area (Å²) in [6, 6.07) is 61.7. The van der Waals surface area contributed by atoms with Gasteiger partial charge in [-0.15, -0.1) is 25.3 Å². The summed E-state index contributed by atoms with van der Waals surface area (Å²) in [5, 5.41) is 7.39. The highest BCUT2D eigenvalue weighted by Crippen LogP contribution is 2.49. The first-order valence-corrected chi connectivity index (χ1v) is 40.6. The van der Waals surface area contributed by atoms with Crippen molar-refractivity contribution >= 4 is 121 Å². The molecule has 0 fully saturated rings. The third-order valence-corrected chi connectivity index (χ3v) is 20.5. The van der Waals surface area contributed by atoms with Crippen LogP contribution in [0.2, 0.25) is 5.28 Å². The molecule has 0 unspecified atom stereocenters. The molecule has 0 radical (unpaired) electrons. The van der Waals surface area contributed by atoms with Gasteiger partial charge >= 0.3 is 33.3 Å². The number of H-pyrrole nitrogens is 1. The van der Waals surface area contributed by atoms with Gasteiger partial charge in [-0.3, -0.25) is 33.1 Å². The first-order chi connectivity index (χ1) is 56.9. The van der Waals surface area contributed by atoms with Crippen molar-refractivity contribution in [3.63, 3.8) is 0 Å². The molecular formula is C83H58ClFN10O20S4. The van der Waals surface area contributed by atoms with Gasteiger partial charge in [0.05, 0.1) is 55.5 Å². The SMILES string of the molecule is CCOC(=O)c1c2c3c(c(Nc4cccc(Cc5nc(F)nc(Cc6ccccc6)n5)c4)ccc3n(C)c1=O)C(=O)c1ccccc1-2.O=C(c1ccccc1)c1c2c3c(c(Nc4cccc(Cc5nc(Cl)nc(Cc6ccc(S(=O)(=O)O)cc6)n5)c4)cc(Oc4ccc(S(=O)(=O)O)cc4)c3[nH]c1=O)C(=O)c1ccccc1-2.O=S(=O)=O.O=S(=O)=O. The number of halogens is 2. The highest BCUT2D eigenvalue weighted by molar-refractivity contribution is 7.86. The van der Waals surface area contributed by atoms with Crippen molar-refractivity contribution in [2.45, 2.75) is 42.4 Å². The smallest absolute Gasteiger partial charge is 0.425 e. The molecule has 14 aromatic rings. The number of aryl methyl sites for hydroxylation is 1. The van der Waals surface area contributed by atoms with Crippen LogP contribution in [0.25, 0.3) is 44.1 Å². The molecule has 0 saturated heterocycles. The molecule has 2 aliphatic rings. The molecule has 598 valence electrons. The molecule has 119 heavy (non-hydrogen) atoms. The third-order valence-electron chi connectivity index (χ3n) is 18.6. The van der Waals surface area contributed by atoms with Gasteiger partial charge < -0.3 is 29.7 Å². The van der Waals surface area contributed by atoms with Crippen LogP contribution < -0.4 is 26.5 Å². The summed E-state index contributed by atoms with van der Waals surface area (Å²) in [4.78, 5) is 112. The topological polar surface area (TPSA) is 454 Å². The van der Waals surface area contributed by atoms with Crippen molar-refractivity contribution in [3.05, 3.63) is 341 Å². The Balaban J connectivity index is 0.000000196. The van der Waals surface area contributed by atoms with Gasteiger partial charge in [0.15, 0.2) is 23.1 Å². The lowest BCUT2D eigenvalue weighted by atomic mass is 9.80. The van der Waals surface area contributed by atoms with E-state index in [2.05, 4.69) is 45.5 Å². The number of nitrogens with zero attached hydrogens (tertiary/aromatic N) is 7. The number of benzene rings is 10. The largest absolute Gasteiger partial charge is 0.462 e. The average molecular weight is 1700 g/mol. The van der Waals surface area contributed by atoms with Crippen molar-refractivity contribution in [2.24, 2.45) is 7.05 Å². The number of pyridine rings is 2. The summed E-state index contributed by atoms with van der Waals surface area (Å²) in [7, 11) is -13.5. The molecule has 4 aromatic heterocycles. The maximum absolute atomic E-state index is 14.7. The van der Waals surface area contributed by atoms with Gasteiger partial charge in [-0.25, -0.2) is 24.7 Å². The molecule has 0 saturated carbocycles. The molecule has 0 bridgehead atoms. The Labute approximate surface area is 681 Å². The van der Waals surface area contributed by atoms with Crippen LogP contribution in [0.4, 0.5) is 27.1 Å². The van der Waals surface area contributed by atoms with E-state index in [1.807, 2.05) is 60.7 Å². The van der Waals surface area contributed by atoms with Gasteiger partial charge in [0.1, 0.15) is 34.6 Å². The Kier molecular flexibility index (Phi) is 24.4. The number of fused-ring (bicyclic) bond motifs is 4. The standard InChI is InChI=1S/C46H30ClN5O10S2.C37H28FN5O4.2O3S/c47-46-50-36(22-25-13-17-30(18-14-25)63(56,57)58)49-37(51-46)23-26-7-6-10-28(21-26)48-34-24-35(62-29-15-19-31(20-16-29)64(59,60)61)42-40-38(32-11-4-5-12-33(32)44(54)39(34)40)41(45(55)52-42)43(53)27-8-2-1-3-9-27;1-3-47-36(46)33-30-24-14-7-8-15-25(24)34(44)31-26(16-17-27(32(30)31)43(2)35(33)45)39-23-13-9-12-22(18-23)20-29-40-28(41-37(38)42-29)19-21-10-5-4-6-11-21;2*1-4(2)3/h1-21,24,48H,22-23H2,(H,52,55)(H,56,57,58)(H,59,60,61);4-18,39H,3,19-20H2,1-2H3;;. The first kappa shape index (κ1) is 82.8. The zero-order valence-corrected chi connectivity index (χ0v) is 65.7. The molecule has 10 aromatic carbocycles. The van der Waals surface area contributed by atoms with Crippen molar-refractivity contribution in [2.75, 3.05) is 17.2 Å². The van der Waals surface area contributed by atoms with E-state index in [0.29, 0.717) is 91.1 Å². The van der Waals surface area contributed by atoms with E-state index in [1.165, 1.54) is 47.0 Å². The highest BCUT2D eigenvalue weighted by atomic mass is 35.5. The Bertz CT molecular complexity index is 7080. The van der Waals surface area contributed by atoms with Crippen LogP contribution in [0.1, 0.15) is 111 Å². The van der Waals surface area contributed by atoms with Crippen molar-refractivity contribution < 1.29 is 84.2 Å². The minimum absolute atomic E-state index is 0.0428. The summed E-state index contributed by atoms with van der Waals surface area (Å²) in [5.41, 5.74) is 6.98. The summed E-state index contributed by atoms with van der Waals surface area (Å²) in [6.45, 7) is 1.77. The van der Waals surface area contributed by atoms with Gasteiger partial charge in [0.2, 0.25) is 5.28 Å². The fourth-order valence-electron chi connectivity index (χ4n) is 13.7. The summed E-state index contributed by atoms with van der Waals surface area (Å²) >= 11 is 6.32. The van der Waals surface area contributed by atoms with Gasteiger partial charge in [-0.1, -0.05) is 146 Å². The number of hydrogen-bond acceptors (Lipinski definition) is 26. The number of esters is 1. The maximum Gasteiger partial charge on any atom is 0.425 e. The summed E-state index contributed by atoms with van der Waals surface area (Å²) in [6.07, 6.45) is 0.168. The molecule has 0 atom stereocenters. The van der Waals surface area contributed by atoms with E-state index >= 15 is 0 Å². The number of ether oxygens (including phenoxy) is 2. The fraction of sp³-hybridized carbons (Fsp3) is 0.0843. The molecule has 0 spiro atoms. The number of anilines is 4. The Hall–Kier alpha value is -14.2. The minimum Gasteiger partial charge on any atom is -0.462 e. The van der Waals surface area contributed by atoms with Gasteiger partial charge in [-0.05, 0) is 125 Å². The Morgan fingerprint density at radius 3 is 1.45 bits per heavy atom. The molecule has 36 heteroatoms. The second-order valence-electron chi connectivity index (χ2n) is 26.2. The monoisotopic (exact) mass is 1700 g/mol. The second-order valence-corrected chi connectivity index (χ2v) is 30.2. The van der Waals surface area contributed by atoms with Crippen LogP contribution in [-0.2, 0) is 78.9 Å². The molecule has 16 rings (SSSR count). The molecule has 0 amide bonds. The molecular weight excluding hydrogens is 1640 g/mol. The van der Waals surface area contributed by atoms with Gasteiger partial charge in [0.25, 0.3) is 31.4 Å². The zero-order chi connectivity index (χ0) is 84.7. The van der Waals surface area contributed by atoms with E-state index in [9.17, 15) is 59.1 Å². The van der Waals surface area contributed by atoms with Crippen molar-refractivity contribution in [1.29, 1.82) is 0 Å². The number of aromatic nitrogens is 8. The van der Waals surface area contributed by atoms with Crippen LogP contribution in [0.5, 0.6) is 11.5 Å². The highest BCUT2D eigenvalue weighted by Gasteiger charge is 2.37. The third kappa shape index (κ3) is 18.7. The van der Waals surface area contributed by atoms with Crippen LogP contribution in [0.3, 0.4) is 0 Å². The fourth-order valence-corrected chi connectivity index (χ4v) is 14.9. The quantitative estimate of drug-likeness (QED) is 0.0269. The first-order valence-electron chi connectivity index (χ1n) is 35.3. The number of carbonyl (C=O) groups is 4. The Morgan fingerprint density at radius 2 is 0.933 bits per heavy atom. The number of hydrogen-bond donors (Lipinski definition) is 5. The lowest BCUT2D eigenvalue weighted by Gasteiger charge is -2.25. The second kappa shape index (κ2) is 35.1. The average Bonchev–Trinajstić information content (AvgIpc) is 0.712. The van der Waals surface area contributed by atoms with Crippen molar-refractivity contribution in [3.8, 4) is 33.8 Å². The summed E-state index contributed by atoms with van der Waals surface area (Å²) in [5.74, 6) is -0.506. The number of aromatic amines is 1. The molecule has 0 aliphatic heterocycles. The minimum atomic E-state index is -4.52. The van der Waals surface area contributed by atoms with Gasteiger partial charge in [0, 0.05) is 88.8 Å². The predicted octanol–water partition coefficient (Wildman–Crippen LogP) is 12.2. The number of rotatable bonds is 20. The van der Waals surface area contributed by atoms with Crippen LogP contribution in [-0.4, -0.2) is 121 Å². The van der Waals surface area contributed by atoms with E-state index in [1.54, 1.807) is 123 Å². The molecule has 30 nitrogen and oxygen atoms in total. The van der Waals surface area contributed by atoms with Crippen LogP contribution >= 0.6 is 11.6 Å². The van der Waals surface area contributed by atoms with E-state index in [-0.39, 0.29) is 108 Å². The van der Waals surface area contributed by atoms with E-state index < -0.39 is 76.2 Å². The zero-order valence-electron chi connectivity index (χ0n) is 61.7.